The van der Waals surface area contributed by atoms with Crippen molar-refractivity contribution in [2.45, 2.75) is 31.7 Å². The number of hydrogen-bond acceptors (Lipinski definition) is 4. The van der Waals surface area contributed by atoms with E-state index in [2.05, 4.69) is 9.97 Å². The van der Waals surface area contributed by atoms with Crippen molar-refractivity contribution in [1.29, 1.82) is 0 Å². The Morgan fingerprint density at radius 3 is 2.64 bits per heavy atom. The van der Waals surface area contributed by atoms with Gasteiger partial charge in [0.15, 0.2) is 0 Å². The van der Waals surface area contributed by atoms with Crippen molar-refractivity contribution >= 4 is 0 Å². The highest BCUT2D eigenvalue weighted by atomic mass is 16.5. The Morgan fingerprint density at radius 1 is 1.43 bits per heavy atom. The molecule has 1 aromatic rings. The number of ether oxygens (including phenoxy) is 1. The van der Waals surface area contributed by atoms with Crippen molar-refractivity contribution in [1.82, 2.24) is 9.97 Å². The van der Waals surface area contributed by atoms with Crippen molar-refractivity contribution < 1.29 is 4.74 Å². The van der Waals surface area contributed by atoms with E-state index in [1.54, 1.807) is 7.11 Å². The first-order valence-corrected chi connectivity index (χ1v) is 4.82. The van der Waals surface area contributed by atoms with Crippen molar-refractivity contribution in [3.63, 3.8) is 0 Å². The third-order valence-electron chi connectivity index (χ3n) is 2.95. The van der Waals surface area contributed by atoms with Gasteiger partial charge >= 0.3 is 0 Å². The van der Waals surface area contributed by atoms with Gasteiger partial charge in [-0.15, -0.1) is 0 Å². The van der Waals surface area contributed by atoms with Gasteiger partial charge in [0.2, 0.25) is 5.88 Å². The normalized spacial score (nSPS) is 18.8. The molecule has 1 saturated carbocycles. The van der Waals surface area contributed by atoms with Crippen LogP contribution in [0.2, 0.25) is 0 Å². The van der Waals surface area contributed by atoms with Crippen LogP contribution in [0.1, 0.15) is 30.5 Å². The molecule has 2 N–H and O–H groups in total. The maximum Gasteiger partial charge on any atom is 0.219 e. The molecule has 0 atom stereocenters. The maximum atomic E-state index is 6.20. The molecule has 0 unspecified atom stereocenters. The van der Waals surface area contributed by atoms with Crippen LogP contribution in [-0.2, 0) is 5.54 Å². The highest BCUT2D eigenvalue weighted by Gasteiger charge is 2.37. The van der Waals surface area contributed by atoms with Crippen LogP contribution in [0.4, 0.5) is 0 Å². The van der Waals surface area contributed by atoms with Crippen LogP contribution in [0.15, 0.2) is 6.33 Å². The molecule has 0 radical (unpaired) electrons. The molecule has 0 aliphatic heterocycles. The number of rotatable bonds is 2. The minimum Gasteiger partial charge on any atom is -0.481 e. The van der Waals surface area contributed by atoms with Crippen molar-refractivity contribution in [2.24, 2.45) is 5.73 Å². The standard InChI is InChI=1S/C10H15N3O/c1-7-8(10(11)4-3-5-10)12-6-13-9(7)14-2/h6H,3-5,11H2,1-2H3. The summed E-state index contributed by atoms with van der Waals surface area (Å²) in [5.41, 5.74) is 7.88. The largest absolute Gasteiger partial charge is 0.481 e. The molecule has 0 amide bonds. The van der Waals surface area contributed by atoms with Crippen LogP contribution in [-0.4, -0.2) is 17.1 Å². The fraction of sp³-hybridized carbons (Fsp3) is 0.600. The Hall–Kier alpha value is -1.16. The summed E-state index contributed by atoms with van der Waals surface area (Å²) in [5.74, 6) is 0.631. The highest BCUT2D eigenvalue weighted by Crippen LogP contribution is 2.39. The maximum absolute atomic E-state index is 6.20. The van der Waals surface area contributed by atoms with Crippen LogP contribution in [0.3, 0.4) is 0 Å². The van der Waals surface area contributed by atoms with Crippen LogP contribution < -0.4 is 10.5 Å². The third kappa shape index (κ3) is 1.26. The lowest BCUT2D eigenvalue weighted by molar-refractivity contribution is 0.242. The molecule has 4 heteroatoms. The average molecular weight is 193 g/mol. The van der Waals surface area contributed by atoms with E-state index in [0.29, 0.717) is 5.88 Å². The summed E-state index contributed by atoms with van der Waals surface area (Å²) in [4.78, 5) is 8.30. The summed E-state index contributed by atoms with van der Waals surface area (Å²) in [6.07, 6.45) is 4.72. The van der Waals surface area contributed by atoms with Gasteiger partial charge in [-0.3, -0.25) is 0 Å². The van der Waals surface area contributed by atoms with Gasteiger partial charge in [-0.25, -0.2) is 9.97 Å². The summed E-state index contributed by atoms with van der Waals surface area (Å²) in [6, 6.07) is 0. The molecule has 0 aromatic carbocycles. The Labute approximate surface area is 83.5 Å². The first-order valence-electron chi connectivity index (χ1n) is 4.82. The van der Waals surface area contributed by atoms with Gasteiger partial charge in [0.25, 0.3) is 0 Å². The van der Waals surface area contributed by atoms with E-state index in [4.69, 9.17) is 10.5 Å². The molecule has 1 aliphatic rings. The summed E-state index contributed by atoms with van der Waals surface area (Å²) >= 11 is 0. The van der Waals surface area contributed by atoms with Gasteiger partial charge in [0.05, 0.1) is 18.3 Å². The molecule has 0 spiro atoms. The van der Waals surface area contributed by atoms with Gasteiger partial charge in [0, 0.05) is 5.56 Å². The zero-order chi connectivity index (χ0) is 10.2. The lowest BCUT2D eigenvalue weighted by atomic mass is 9.74. The zero-order valence-corrected chi connectivity index (χ0v) is 8.58. The van der Waals surface area contributed by atoms with E-state index in [-0.39, 0.29) is 5.54 Å². The second-order valence-corrected chi connectivity index (χ2v) is 3.87. The van der Waals surface area contributed by atoms with E-state index in [1.807, 2.05) is 6.92 Å². The number of nitrogens with zero attached hydrogens (tertiary/aromatic N) is 2. The quantitative estimate of drug-likeness (QED) is 0.764. The van der Waals surface area contributed by atoms with Crippen LogP contribution in [0.25, 0.3) is 0 Å². The summed E-state index contributed by atoms with van der Waals surface area (Å²) in [6.45, 7) is 1.96. The molecule has 0 saturated heterocycles. The van der Waals surface area contributed by atoms with Crippen LogP contribution in [0, 0.1) is 6.92 Å². The average Bonchev–Trinajstić information content (AvgIpc) is 2.15. The zero-order valence-electron chi connectivity index (χ0n) is 8.58. The molecular weight excluding hydrogens is 178 g/mol. The minimum absolute atomic E-state index is 0.236. The Morgan fingerprint density at radius 2 is 2.14 bits per heavy atom. The van der Waals surface area contributed by atoms with Crippen molar-refractivity contribution in [2.75, 3.05) is 7.11 Å². The summed E-state index contributed by atoms with van der Waals surface area (Å²) < 4.78 is 5.14. The third-order valence-corrected chi connectivity index (χ3v) is 2.95. The van der Waals surface area contributed by atoms with Gasteiger partial charge in [0.1, 0.15) is 6.33 Å². The van der Waals surface area contributed by atoms with Crippen LogP contribution >= 0.6 is 0 Å². The molecule has 0 bridgehead atoms. The minimum atomic E-state index is -0.236. The fourth-order valence-electron chi connectivity index (χ4n) is 1.94. The van der Waals surface area contributed by atoms with Gasteiger partial charge in [-0.05, 0) is 26.2 Å². The predicted molar refractivity (Wildman–Crippen MR) is 53.0 cm³/mol. The van der Waals surface area contributed by atoms with Crippen molar-refractivity contribution in [3.8, 4) is 5.88 Å². The summed E-state index contributed by atoms with van der Waals surface area (Å²) in [7, 11) is 1.61. The van der Waals surface area contributed by atoms with Gasteiger partial charge in [-0.1, -0.05) is 0 Å². The first-order chi connectivity index (χ1) is 6.67. The van der Waals surface area contributed by atoms with Gasteiger partial charge in [-0.2, -0.15) is 0 Å². The Kier molecular flexibility index (Phi) is 2.15. The van der Waals surface area contributed by atoms with Crippen LogP contribution in [0.5, 0.6) is 5.88 Å². The van der Waals surface area contributed by atoms with E-state index in [1.165, 1.54) is 12.7 Å². The Bertz CT molecular complexity index is 347. The number of hydrogen-bond donors (Lipinski definition) is 1. The molecule has 1 heterocycles. The van der Waals surface area contributed by atoms with E-state index >= 15 is 0 Å². The lowest BCUT2D eigenvalue weighted by Crippen LogP contribution is -2.44. The van der Waals surface area contributed by atoms with E-state index < -0.39 is 0 Å². The highest BCUT2D eigenvalue weighted by molar-refractivity contribution is 5.34. The second kappa shape index (κ2) is 3.20. The molecule has 1 aliphatic carbocycles. The number of methoxy groups -OCH3 is 1. The predicted octanol–water partition coefficient (Wildman–Crippen LogP) is 1.13. The molecule has 4 nitrogen and oxygen atoms in total. The fourth-order valence-corrected chi connectivity index (χ4v) is 1.94. The number of nitrogens with two attached hydrogens (primary N) is 1. The monoisotopic (exact) mass is 193 g/mol. The smallest absolute Gasteiger partial charge is 0.219 e. The second-order valence-electron chi connectivity index (χ2n) is 3.87. The topological polar surface area (TPSA) is 61.0 Å². The summed E-state index contributed by atoms with van der Waals surface area (Å²) in [5, 5.41) is 0. The van der Waals surface area contributed by atoms with E-state index in [9.17, 15) is 0 Å². The first kappa shape index (κ1) is 9.40. The van der Waals surface area contributed by atoms with Crippen molar-refractivity contribution in [3.05, 3.63) is 17.6 Å². The molecular formula is C10H15N3O. The molecule has 2 rings (SSSR count). The van der Waals surface area contributed by atoms with E-state index in [0.717, 1.165) is 24.1 Å². The van der Waals surface area contributed by atoms with Gasteiger partial charge < -0.3 is 10.5 Å². The molecule has 76 valence electrons. The SMILES string of the molecule is COc1ncnc(C2(N)CCC2)c1C. The molecule has 14 heavy (non-hydrogen) atoms. The molecule has 1 fully saturated rings. The molecule has 1 aromatic heterocycles. The lowest BCUT2D eigenvalue weighted by Gasteiger charge is -2.38. The number of aromatic nitrogens is 2. The Balaban J connectivity index is 2.43.